The van der Waals surface area contributed by atoms with E-state index in [1.54, 1.807) is 30.5 Å². The van der Waals surface area contributed by atoms with Crippen LogP contribution in [-0.2, 0) is 0 Å². The highest BCUT2D eigenvalue weighted by Gasteiger charge is 2.10. The second kappa shape index (κ2) is 6.51. The van der Waals surface area contributed by atoms with E-state index >= 15 is 0 Å². The summed E-state index contributed by atoms with van der Waals surface area (Å²) in [6.45, 7) is 2.86. The van der Waals surface area contributed by atoms with E-state index in [1.165, 1.54) is 6.20 Å². The van der Waals surface area contributed by atoms with Crippen LogP contribution < -0.4 is 15.8 Å². The number of hydrogen-bond acceptors (Lipinski definition) is 5. The van der Waals surface area contributed by atoms with Crippen LogP contribution in [0.15, 0.2) is 36.7 Å². The number of aromatic nitrogens is 2. The highest BCUT2D eigenvalue weighted by molar-refractivity contribution is 5.95. The lowest BCUT2D eigenvalue weighted by Gasteiger charge is -2.09. The van der Waals surface area contributed by atoms with Crippen molar-refractivity contribution in [1.82, 2.24) is 9.97 Å². The predicted molar refractivity (Wildman–Crippen MR) is 75.8 cm³/mol. The molecule has 2 aromatic rings. The van der Waals surface area contributed by atoms with Crippen molar-refractivity contribution in [2.45, 2.75) is 13.3 Å². The standard InChI is InChI=1S/C14H16N4O2/c1-2-7-17-12-8-16-9-13(18-12)20-11-6-4-3-5-10(11)14(15)19/h3-6,8-9H,2,7H2,1H3,(H2,15,19)(H,17,18). The van der Waals surface area contributed by atoms with E-state index in [9.17, 15) is 4.79 Å². The minimum absolute atomic E-state index is 0.305. The van der Waals surface area contributed by atoms with Crippen molar-refractivity contribution in [3.05, 3.63) is 42.2 Å². The van der Waals surface area contributed by atoms with E-state index in [0.29, 0.717) is 23.0 Å². The molecule has 0 bridgehead atoms. The zero-order valence-electron chi connectivity index (χ0n) is 11.2. The van der Waals surface area contributed by atoms with Gasteiger partial charge in [-0.15, -0.1) is 0 Å². The predicted octanol–water partition coefficient (Wildman–Crippen LogP) is 2.19. The summed E-state index contributed by atoms with van der Waals surface area (Å²) in [5.74, 6) is 0.747. The Hall–Kier alpha value is -2.63. The van der Waals surface area contributed by atoms with Crippen molar-refractivity contribution in [2.24, 2.45) is 5.73 Å². The molecule has 0 saturated carbocycles. The number of hydrogen-bond donors (Lipinski definition) is 2. The zero-order chi connectivity index (χ0) is 14.4. The summed E-state index contributed by atoms with van der Waals surface area (Å²) in [6.07, 6.45) is 4.08. The van der Waals surface area contributed by atoms with E-state index in [2.05, 4.69) is 22.2 Å². The van der Waals surface area contributed by atoms with Crippen LogP contribution in [0.2, 0.25) is 0 Å². The summed E-state index contributed by atoms with van der Waals surface area (Å²) in [6, 6.07) is 6.74. The molecule has 1 heterocycles. The number of primary amides is 1. The van der Waals surface area contributed by atoms with E-state index in [-0.39, 0.29) is 0 Å². The van der Waals surface area contributed by atoms with E-state index in [0.717, 1.165) is 13.0 Å². The molecule has 0 saturated heterocycles. The third-order valence-electron chi connectivity index (χ3n) is 2.54. The second-order valence-electron chi connectivity index (χ2n) is 4.13. The fourth-order valence-electron chi connectivity index (χ4n) is 1.61. The lowest BCUT2D eigenvalue weighted by molar-refractivity contribution is 0.0998. The Bertz CT molecular complexity index is 601. The van der Waals surface area contributed by atoms with Gasteiger partial charge < -0.3 is 15.8 Å². The number of carbonyl (C=O) groups excluding carboxylic acids is 1. The number of nitrogens with zero attached hydrogens (tertiary/aromatic N) is 2. The average molecular weight is 272 g/mol. The molecule has 0 aliphatic rings. The van der Waals surface area contributed by atoms with Crippen LogP contribution in [0.4, 0.5) is 5.82 Å². The summed E-state index contributed by atoms with van der Waals surface area (Å²) in [7, 11) is 0. The fraction of sp³-hybridized carbons (Fsp3) is 0.214. The number of ether oxygens (including phenoxy) is 1. The first-order valence-corrected chi connectivity index (χ1v) is 6.33. The molecule has 3 N–H and O–H groups in total. The lowest BCUT2D eigenvalue weighted by Crippen LogP contribution is -2.12. The molecule has 0 aliphatic carbocycles. The molecule has 6 heteroatoms. The van der Waals surface area contributed by atoms with Gasteiger partial charge in [0.2, 0.25) is 5.88 Å². The van der Waals surface area contributed by atoms with Crippen molar-refractivity contribution < 1.29 is 9.53 Å². The van der Waals surface area contributed by atoms with Crippen LogP contribution in [0.25, 0.3) is 0 Å². The molecule has 0 atom stereocenters. The molecule has 1 aromatic heterocycles. The van der Waals surface area contributed by atoms with Gasteiger partial charge >= 0.3 is 0 Å². The Morgan fingerprint density at radius 1 is 1.35 bits per heavy atom. The number of nitrogens with two attached hydrogens (primary N) is 1. The number of amides is 1. The smallest absolute Gasteiger partial charge is 0.252 e. The molecule has 0 unspecified atom stereocenters. The minimum Gasteiger partial charge on any atom is -0.437 e. The Kier molecular flexibility index (Phi) is 4.49. The first-order chi connectivity index (χ1) is 9.70. The molecule has 1 amide bonds. The fourth-order valence-corrected chi connectivity index (χ4v) is 1.61. The SMILES string of the molecule is CCCNc1cncc(Oc2ccccc2C(N)=O)n1. The monoisotopic (exact) mass is 272 g/mol. The summed E-state index contributed by atoms with van der Waals surface area (Å²) >= 11 is 0. The zero-order valence-corrected chi connectivity index (χ0v) is 11.2. The molecule has 104 valence electrons. The first kappa shape index (κ1) is 13.8. The highest BCUT2D eigenvalue weighted by Crippen LogP contribution is 2.23. The molecule has 2 rings (SSSR count). The molecule has 6 nitrogen and oxygen atoms in total. The third kappa shape index (κ3) is 3.44. The maximum Gasteiger partial charge on any atom is 0.252 e. The molecule has 0 spiro atoms. The second-order valence-corrected chi connectivity index (χ2v) is 4.13. The van der Waals surface area contributed by atoms with Crippen LogP contribution in [0.1, 0.15) is 23.7 Å². The summed E-state index contributed by atoms with van der Waals surface area (Å²) in [5, 5.41) is 3.11. The average Bonchev–Trinajstić information content (AvgIpc) is 2.46. The largest absolute Gasteiger partial charge is 0.437 e. The normalized spacial score (nSPS) is 10.1. The van der Waals surface area contributed by atoms with Gasteiger partial charge in [0, 0.05) is 6.54 Å². The van der Waals surface area contributed by atoms with Crippen molar-refractivity contribution in [3.63, 3.8) is 0 Å². The van der Waals surface area contributed by atoms with Crippen LogP contribution in [0.5, 0.6) is 11.6 Å². The topological polar surface area (TPSA) is 90.1 Å². The van der Waals surface area contributed by atoms with Crippen molar-refractivity contribution in [2.75, 3.05) is 11.9 Å². The summed E-state index contributed by atoms with van der Waals surface area (Å²) < 4.78 is 5.58. The minimum atomic E-state index is -0.547. The Morgan fingerprint density at radius 2 is 2.15 bits per heavy atom. The van der Waals surface area contributed by atoms with Gasteiger partial charge in [-0.1, -0.05) is 19.1 Å². The maximum absolute atomic E-state index is 11.3. The summed E-state index contributed by atoms with van der Waals surface area (Å²) in [4.78, 5) is 19.6. The van der Waals surface area contributed by atoms with E-state index in [1.807, 2.05) is 0 Å². The van der Waals surface area contributed by atoms with Crippen LogP contribution in [0, 0.1) is 0 Å². The lowest BCUT2D eigenvalue weighted by atomic mass is 10.2. The van der Waals surface area contributed by atoms with Crippen molar-refractivity contribution >= 4 is 11.7 Å². The van der Waals surface area contributed by atoms with Gasteiger partial charge in [0.1, 0.15) is 11.6 Å². The highest BCUT2D eigenvalue weighted by atomic mass is 16.5. The number of anilines is 1. The first-order valence-electron chi connectivity index (χ1n) is 6.33. The third-order valence-corrected chi connectivity index (χ3v) is 2.54. The van der Waals surface area contributed by atoms with Gasteiger partial charge in [0.05, 0.1) is 18.0 Å². The number of carbonyl (C=O) groups is 1. The number of nitrogens with one attached hydrogen (secondary N) is 1. The molecule has 20 heavy (non-hydrogen) atoms. The van der Waals surface area contributed by atoms with Gasteiger partial charge in [-0.25, -0.2) is 0 Å². The van der Waals surface area contributed by atoms with Crippen LogP contribution >= 0.6 is 0 Å². The summed E-state index contributed by atoms with van der Waals surface area (Å²) in [5.41, 5.74) is 5.60. The van der Waals surface area contributed by atoms with Crippen LogP contribution in [-0.4, -0.2) is 22.4 Å². The molecule has 0 fully saturated rings. The Morgan fingerprint density at radius 3 is 2.90 bits per heavy atom. The van der Waals surface area contributed by atoms with E-state index < -0.39 is 5.91 Å². The molecule has 1 aromatic carbocycles. The van der Waals surface area contributed by atoms with E-state index in [4.69, 9.17) is 10.5 Å². The quantitative estimate of drug-likeness (QED) is 0.841. The number of benzene rings is 1. The van der Waals surface area contributed by atoms with Gasteiger partial charge in [-0.05, 0) is 18.6 Å². The van der Waals surface area contributed by atoms with Gasteiger partial charge in [0.25, 0.3) is 5.91 Å². The number of rotatable bonds is 6. The molecule has 0 radical (unpaired) electrons. The number of para-hydroxylation sites is 1. The molecular formula is C14H16N4O2. The van der Waals surface area contributed by atoms with Crippen molar-refractivity contribution in [1.29, 1.82) is 0 Å². The molecule has 0 aliphatic heterocycles. The van der Waals surface area contributed by atoms with Gasteiger partial charge in [-0.3, -0.25) is 9.78 Å². The maximum atomic E-state index is 11.3. The Labute approximate surface area is 117 Å². The Balaban J connectivity index is 2.20. The van der Waals surface area contributed by atoms with Crippen molar-refractivity contribution in [3.8, 4) is 11.6 Å². The van der Waals surface area contributed by atoms with Gasteiger partial charge in [-0.2, -0.15) is 4.98 Å². The molecular weight excluding hydrogens is 256 g/mol. The van der Waals surface area contributed by atoms with Gasteiger partial charge in [0.15, 0.2) is 0 Å². The van der Waals surface area contributed by atoms with Crippen LogP contribution in [0.3, 0.4) is 0 Å².